The van der Waals surface area contributed by atoms with E-state index in [1.54, 1.807) is 7.11 Å². The second kappa shape index (κ2) is 6.71. The second-order valence-corrected chi connectivity index (χ2v) is 4.36. The molecule has 1 aromatic heterocycles. The van der Waals surface area contributed by atoms with Crippen LogP contribution in [0.15, 0.2) is 18.5 Å². The van der Waals surface area contributed by atoms with Gasteiger partial charge in [-0.15, -0.1) is 0 Å². The van der Waals surface area contributed by atoms with Crippen LogP contribution in [0.1, 0.15) is 38.8 Å². The fourth-order valence-corrected chi connectivity index (χ4v) is 1.68. The molecule has 1 N–H and O–H groups in total. The van der Waals surface area contributed by atoms with Gasteiger partial charge in [-0.1, -0.05) is 6.92 Å². The third-order valence-corrected chi connectivity index (χ3v) is 2.84. The van der Waals surface area contributed by atoms with Crippen molar-refractivity contribution in [1.29, 1.82) is 0 Å². The largest absolute Gasteiger partial charge is 0.380 e. The minimum Gasteiger partial charge on any atom is -0.380 e. The average Bonchev–Trinajstić information content (AvgIpc) is 2.74. The number of hydrogen-bond donors (Lipinski definition) is 1. The van der Waals surface area contributed by atoms with Crippen molar-refractivity contribution in [1.82, 2.24) is 9.88 Å². The van der Waals surface area contributed by atoms with Crippen LogP contribution in [0.5, 0.6) is 0 Å². The van der Waals surface area contributed by atoms with Gasteiger partial charge in [-0.05, 0) is 38.4 Å². The summed E-state index contributed by atoms with van der Waals surface area (Å²) in [5, 5.41) is 3.48. The molecule has 0 bridgehead atoms. The maximum Gasteiger partial charge on any atom is 0.0721 e. The number of rotatable bonds is 7. The normalized spacial score (nSPS) is 15.0. The van der Waals surface area contributed by atoms with E-state index in [0.29, 0.717) is 6.04 Å². The van der Waals surface area contributed by atoms with Crippen LogP contribution in [0.4, 0.5) is 0 Å². The molecule has 1 rings (SSSR count). The Labute approximate surface area is 98.8 Å². The van der Waals surface area contributed by atoms with Gasteiger partial charge in [-0.2, -0.15) is 0 Å². The summed E-state index contributed by atoms with van der Waals surface area (Å²) in [5.41, 5.74) is 1.34. The van der Waals surface area contributed by atoms with Crippen LogP contribution in [0.25, 0.3) is 0 Å². The minimum atomic E-state index is 0.263. The number of methoxy groups -OCH3 is 1. The number of aromatic nitrogens is 1. The first-order valence-electron chi connectivity index (χ1n) is 6.09. The molecule has 0 saturated carbocycles. The molecule has 0 saturated heterocycles. The lowest BCUT2D eigenvalue weighted by atomic mass is 10.2. The van der Waals surface area contributed by atoms with Crippen molar-refractivity contribution in [2.45, 2.75) is 45.9 Å². The molecule has 1 aromatic rings. The van der Waals surface area contributed by atoms with Gasteiger partial charge < -0.3 is 14.6 Å². The van der Waals surface area contributed by atoms with Gasteiger partial charge in [0.1, 0.15) is 0 Å². The van der Waals surface area contributed by atoms with Gasteiger partial charge in [0.2, 0.25) is 0 Å². The molecule has 0 aromatic carbocycles. The van der Waals surface area contributed by atoms with Gasteiger partial charge in [0, 0.05) is 32.1 Å². The van der Waals surface area contributed by atoms with Crippen molar-refractivity contribution >= 4 is 0 Å². The summed E-state index contributed by atoms with van der Waals surface area (Å²) in [6.07, 6.45) is 5.75. The smallest absolute Gasteiger partial charge is 0.0721 e. The third kappa shape index (κ3) is 3.99. The molecule has 0 amide bonds. The molecular formula is C13H24N2O. The van der Waals surface area contributed by atoms with Crippen LogP contribution >= 0.6 is 0 Å². The molecule has 0 aliphatic carbocycles. The Morgan fingerprint density at radius 3 is 2.81 bits per heavy atom. The molecule has 0 spiro atoms. The first kappa shape index (κ1) is 13.3. The van der Waals surface area contributed by atoms with Crippen molar-refractivity contribution in [3.05, 3.63) is 24.0 Å². The lowest BCUT2D eigenvalue weighted by Gasteiger charge is -2.12. The van der Waals surface area contributed by atoms with E-state index in [4.69, 9.17) is 4.74 Å². The summed E-state index contributed by atoms with van der Waals surface area (Å²) in [6.45, 7) is 8.45. The van der Waals surface area contributed by atoms with Crippen LogP contribution in [0, 0.1) is 0 Å². The lowest BCUT2D eigenvalue weighted by Crippen LogP contribution is -2.19. The van der Waals surface area contributed by atoms with E-state index >= 15 is 0 Å². The van der Waals surface area contributed by atoms with Crippen molar-refractivity contribution in [2.75, 3.05) is 13.7 Å². The van der Waals surface area contributed by atoms with Gasteiger partial charge in [0.15, 0.2) is 0 Å². The molecular weight excluding hydrogens is 200 g/mol. The Morgan fingerprint density at radius 1 is 1.44 bits per heavy atom. The average molecular weight is 224 g/mol. The molecule has 3 nitrogen and oxygen atoms in total. The maximum absolute atomic E-state index is 5.25. The van der Waals surface area contributed by atoms with Crippen LogP contribution < -0.4 is 5.32 Å². The fourth-order valence-electron chi connectivity index (χ4n) is 1.68. The highest BCUT2D eigenvalue weighted by Crippen LogP contribution is 2.13. The van der Waals surface area contributed by atoms with Gasteiger partial charge in [0.05, 0.1) is 6.10 Å². The quantitative estimate of drug-likeness (QED) is 0.770. The van der Waals surface area contributed by atoms with E-state index in [9.17, 15) is 0 Å². The van der Waals surface area contributed by atoms with E-state index in [2.05, 4.69) is 49.1 Å². The minimum absolute atomic E-state index is 0.263. The maximum atomic E-state index is 5.25. The molecule has 0 aliphatic heterocycles. The van der Waals surface area contributed by atoms with Gasteiger partial charge >= 0.3 is 0 Å². The lowest BCUT2D eigenvalue weighted by molar-refractivity contribution is 0.103. The van der Waals surface area contributed by atoms with E-state index in [0.717, 1.165) is 13.1 Å². The fraction of sp³-hybridized carbons (Fsp3) is 0.692. The molecule has 1 heterocycles. The Balaban J connectivity index is 2.50. The van der Waals surface area contributed by atoms with E-state index in [1.807, 2.05) is 0 Å². The van der Waals surface area contributed by atoms with Crippen LogP contribution in [0.2, 0.25) is 0 Å². The Morgan fingerprint density at radius 2 is 2.19 bits per heavy atom. The summed E-state index contributed by atoms with van der Waals surface area (Å²) in [5.74, 6) is 0. The standard InChI is InChI=1S/C13H24N2O/c1-5-7-14-12(3)13-6-8-15(10-13)9-11(2)16-4/h6,8,10-12,14H,5,7,9H2,1-4H3. The molecule has 2 atom stereocenters. The summed E-state index contributed by atoms with van der Waals surface area (Å²) < 4.78 is 7.44. The number of nitrogens with one attached hydrogen (secondary N) is 1. The summed E-state index contributed by atoms with van der Waals surface area (Å²) >= 11 is 0. The summed E-state index contributed by atoms with van der Waals surface area (Å²) in [7, 11) is 1.75. The Hall–Kier alpha value is -0.800. The molecule has 2 unspecified atom stereocenters. The predicted octanol–water partition coefficient (Wildman–Crippen LogP) is 2.58. The van der Waals surface area contributed by atoms with Crippen molar-refractivity contribution in [3.63, 3.8) is 0 Å². The zero-order valence-electron chi connectivity index (χ0n) is 10.9. The molecule has 3 heteroatoms. The molecule has 0 fully saturated rings. The van der Waals surface area contributed by atoms with Gasteiger partial charge in [0.25, 0.3) is 0 Å². The second-order valence-electron chi connectivity index (χ2n) is 4.36. The predicted molar refractivity (Wildman–Crippen MR) is 67.6 cm³/mol. The zero-order chi connectivity index (χ0) is 12.0. The topological polar surface area (TPSA) is 26.2 Å². The first-order valence-corrected chi connectivity index (χ1v) is 6.09. The first-order chi connectivity index (χ1) is 7.67. The SMILES string of the molecule is CCCNC(C)c1ccn(CC(C)OC)c1. The summed E-state index contributed by atoms with van der Waals surface area (Å²) in [6, 6.07) is 2.61. The molecule has 0 radical (unpaired) electrons. The van der Waals surface area contributed by atoms with E-state index in [-0.39, 0.29) is 6.10 Å². The van der Waals surface area contributed by atoms with Crippen molar-refractivity contribution in [3.8, 4) is 0 Å². The third-order valence-electron chi connectivity index (χ3n) is 2.84. The van der Waals surface area contributed by atoms with Gasteiger partial charge in [-0.3, -0.25) is 0 Å². The van der Waals surface area contributed by atoms with Crippen LogP contribution in [-0.2, 0) is 11.3 Å². The highest BCUT2D eigenvalue weighted by atomic mass is 16.5. The Bertz CT molecular complexity index is 296. The summed E-state index contributed by atoms with van der Waals surface area (Å²) in [4.78, 5) is 0. The van der Waals surface area contributed by atoms with Crippen molar-refractivity contribution < 1.29 is 4.74 Å². The Kier molecular flexibility index (Phi) is 5.56. The van der Waals surface area contributed by atoms with Crippen LogP contribution in [0.3, 0.4) is 0 Å². The molecule has 92 valence electrons. The van der Waals surface area contributed by atoms with E-state index < -0.39 is 0 Å². The highest BCUT2D eigenvalue weighted by Gasteiger charge is 2.07. The number of hydrogen-bond acceptors (Lipinski definition) is 2. The number of nitrogens with zero attached hydrogens (tertiary/aromatic N) is 1. The number of ether oxygens (including phenoxy) is 1. The van der Waals surface area contributed by atoms with Crippen molar-refractivity contribution in [2.24, 2.45) is 0 Å². The van der Waals surface area contributed by atoms with E-state index in [1.165, 1.54) is 12.0 Å². The van der Waals surface area contributed by atoms with Crippen LogP contribution in [-0.4, -0.2) is 24.3 Å². The molecule has 0 aliphatic rings. The van der Waals surface area contributed by atoms with Gasteiger partial charge in [-0.25, -0.2) is 0 Å². The highest BCUT2D eigenvalue weighted by molar-refractivity contribution is 5.14. The molecule has 16 heavy (non-hydrogen) atoms. The monoisotopic (exact) mass is 224 g/mol. The zero-order valence-corrected chi connectivity index (χ0v) is 10.9.